The van der Waals surface area contributed by atoms with Crippen molar-refractivity contribution in [3.8, 4) is 6.07 Å². The second-order valence-corrected chi connectivity index (χ2v) is 2.95. The summed E-state index contributed by atoms with van der Waals surface area (Å²) >= 11 is 0. The third kappa shape index (κ3) is 3.28. The van der Waals surface area contributed by atoms with Crippen LogP contribution in [0.4, 0.5) is 0 Å². The molecule has 0 radical (unpaired) electrons. The highest BCUT2D eigenvalue weighted by atomic mass is 14.2. The number of nitrogens with zero attached hydrogens (tertiary/aromatic N) is 1. The van der Waals surface area contributed by atoms with Crippen molar-refractivity contribution < 1.29 is 0 Å². The highest BCUT2D eigenvalue weighted by molar-refractivity contribution is 5.55. The first-order valence-electron chi connectivity index (χ1n) is 4.68. The van der Waals surface area contributed by atoms with E-state index in [4.69, 9.17) is 5.26 Å². The van der Waals surface area contributed by atoms with Gasteiger partial charge in [-0.15, -0.1) is 0 Å². The van der Waals surface area contributed by atoms with Crippen LogP contribution in [0.1, 0.15) is 18.9 Å². The Kier molecular flexibility index (Phi) is 4.23. The lowest BCUT2D eigenvalue weighted by Gasteiger charge is -1.96. The van der Waals surface area contributed by atoms with Gasteiger partial charge in [-0.25, -0.2) is 0 Å². The summed E-state index contributed by atoms with van der Waals surface area (Å²) in [4.78, 5) is 0. The van der Waals surface area contributed by atoms with Crippen molar-refractivity contribution in [2.45, 2.75) is 13.3 Å². The molecule has 0 saturated carbocycles. The average Bonchev–Trinajstić information content (AvgIpc) is 2.25. The maximum atomic E-state index is 8.41. The second-order valence-electron chi connectivity index (χ2n) is 2.95. The number of benzene rings is 1. The van der Waals surface area contributed by atoms with Gasteiger partial charge in [0, 0.05) is 6.08 Å². The highest BCUT2D eigenvalue weighted by Crippen LogP contribution is 2.10. The highest BCUT2D eigenvalue weighted by Gasteiger charge is 1.89. The molecule has 0 aliphatic rings. The van der Waals surface area contributed by atoms with Gasteiger partial charge in [-0.05, 0) is 23.6 Å². The zero-order chi connectivity index (χ0) is 10.2. The van der Waals surface area contributed by atoms with Gasteiger partial charge >= 0.3 is 0 Å². The molecule has 0 bridgehead atoms. The minimum Gasteiger partial charge on any atom is -0.193 e. The maximum Gasteiger partial charge on any atom is 0.0912 e. The molecule has 0 atom stereocenters. The van der Waals surface area contributed by atoms with Crippen molar-refractivity contribution in [1.29, 1.82) is 5.26 Å². The molecule has 70 valence electrons. The van der Waals surface area contributed by atoms with Gasteiger partial charge in [-0.2, -0.15) is 5.26 Å². The molecule has 1 aromatic carbocycles. The van der Waals surface area contributed by atoms with Gasteiger partial charge in [0.1, 0.15) is 0 Å². The molecule has 1 nitrogen and oxygen atoms in total. The number of hydrogen-bond donors (Lipinski definition) is 0. The number of rotatable bonds is 3. The lowest BCUT2D eigenvalue weighted by Crippen LogP contribution is -1.76. The first-order chi connectivity index (χ1) is 6.86. The van der Waals surface area contributed by atoms with Gasteiger partial charge in [-0.3, -0.25) is 0 Å². The Hall–Kier alpha value is -1.81. The third-order valence-electron chi connectivity index (χ3n) is 1.93. The van der Waals surface area contributed by atoms with Crippen molar-refractivity contribution in [2.24, 2.45) is 0 Å². The van der Waals surface area contributed by atoms with Crippen LogP contribution in [0.15, 0.2) is 48.1 Å². The van der Waals surface area contributed by atoms with Crippen molar-refractivity contribution in [2.75, 3.05) is 0 Å². The predicted octanol–water partition coefficient (Wildman–Crippen LogP) is 3.56. The largest absolute Gasteiger partial charge is 0.193 e. The topological polar surface area (TPSA) is 23.8 Å². The number of allylic oxidation sites excluding steroid dienone is 3. The normalized spacial score (nSPS) is 11.6. The number of hydrogen-bond acceptors (Lipinski definition) is 1. The van der Waals surface area contributed by atoms with Crippen molar-refractivity contribution in [1.82, 2.24) is 0 Å². The molecule has 0 unspecified atom stereocenters. The van der Waals surface area contributed by atoms with Gasteiger partial charge in [0.2, 0.25) is 0 Å². The summed E-state index contributed by atoms with van der Waals surface area (Å²) in [7, 11) is 0. The van der Waals surface area contributed by atoms with E-state index in [9.17, 15) is 0 Å². The fourth-order valence-electron chi connectivity index (χ4n) is 1.18. The summed E-state index contributed by atoms with van der Waals surface area (Å²) < 4.78 is 0. The molecule has 0 spiro atoms. The molecule has 0 N–H and O–H groups in total. The SMILES string of the molecule is CCC(/C=C/C#N)=C\c1ccccc1. The van der Waals surface area contributed by atoms with Gasteiger partial charge in [0.15, 0.2) is 0 Å². The summed E-state index contributed by atoms with van der Waals surface area (Å²) in [6.45, 7) is 2.08. The van der Waals surface area contributed by atoms with E-state index in [1.54, 1.807) is 0 Å². The first kappa shape index (κ1) is 10.3. The molecular weight excluding hydrogens is 170 g/mol. The van der Waals surface area contributed by atoms with Gasteiger partial charge < -0.3 is 0 Å². The van der Waals surface area contributed by atoms with Crippen LogP contribution in [-0.2, 0) is 0 Å². The molecule has 0 aliphatic heterocycles. The summed E-state index contributed by atoms with van der Waals surface area (Å²) in [6, 6.07) is 12.1. The molecule has 0 heterocycles. The van der Waals surface area contributed by atoms with Gasteiger partial charge in [0.25, 0.3) is 0 Å². The quantitative estimate of drug-likeness (QED) is 0.519. The molecule has 1 heteroatoms. The third-order valence-corrected chi connectivity index (χ3v) is 1.93. The molecule has 1 rings (SSSR count). The van der Waals surface area contributed by atoms with Crippen molar-refractivity contribution in [3.05, 3.63) is 53.6 Å². The lowest BCUT2D eigenvalue weighted by molar-refractivity contribution is 1.16. The van der Waals surface area contributed by atoms with Crippen LogP contribution in [-0.4, -0.2) is 0 Å². The minimum absolute atomic E-state index is 0.938. The Morgan fingerprint density at radius 3 is 2.64 bits per heavy atom. The molecule has 0 saturated heterocycles. The Morgan fingerprint density at radius 1 is 1.36 bits per heavy atom. The van der Waals surface area contributed by atoms with Crippen LogP contribution in [0.2, 0.25) is 0 Å². The fraction of sp³-hybridized carbons (Fsp3) is 0.154. The zero-order valence-electron chi connectivity index (χ0n) is 8.27. The summed E-state index contributed by atoms with van der Waals surface area (Å²) in [6.07, 6.45) is 6.40. The number of nitriles is 1. The summed E-state index contributed by atoms with van der Waals surface area (Å²) in [5, 5.41) is 8.41. The van der Waals surface area contributed by atoms with E-state index in [0.29, 0.717) is 0 Å². The van der Waals surface area contributed by atoms with E-state index in [-0.39, 0.29) is 0 Å². The minimum atomic E-state index is 0.938. The van der Waals surface area contributed by atoms with Crippen LogP contribution >= 0.6 is 0 Å². The van der Waals surface area contributed by atoms with Crippen molar-refractivity contribution >= 4 is 6.08 Å². The molecule has 0 aromatic heterocycles. The van der Waals surface area contributed by atoms with Gasteiger partial charge in [0.05, 0.1) is 6.07 Å². The van der Waals surface area contributed by atoms with Crippen LogP contribution in [0.5, 0.6) is 0 Å². The van der Waals surface area contributed by atoms with Crippen LogP contribution < -0.4 is 0 Å². The summed E-state index contributed by atoms with van der Waals surface area (Å²) in [5.41, 5.74) is 2.34. The predicted molar refractivity (Wildman–Crippen MR) is 59.5 cm³/mol. The molecule has 14 heavy (non-hydrogen) atoms. The molecule has 0 amide bonds. The molecule has 1 aromatic rings. The maximum absolute atomic E-state index is 8.41. The lowest BCUT2D eigenvalue weighted by atomic mass is 10.1. The van der Waals surface area contributed by atoms with E-state index in [2.05, 4.69) is 25.1 Å². The Balaban J connectivity index is 2.85. The van der Waals surface area contributed by atoms with Crippen LogP contribution in [0.3, 0.4) is 0 Å². The molecule has 0 aliphatic carbocycles. The van der Waals surface area contributed by atoms with E-state index >= 15 is 0 Å². The molecule has 0 fully saturated rings. The summed E-state index contributed by atoms with van der Waals surface area (Å²) in [5.74, 6) is 0. The smallest absolute Gasteiger partial charge is 0.0912 e. The Labute approximate surface area is 85.0 Å². The Morgan fingerprint density at radius 2 is 2.07 bits per heavy atom. The second kappa shape index (κ2) is 5.77. The fourth-order valence-corrected chi connectivity index (χ4v) is 1.18. The first-order valence-corrected chi connectivity index (χ1v) is 4.68. The van der Waals surface area contributed by atoms with E-state index in [0.717, 1.165) is 12.0 Å². The van der Waals surface area contributed by atoms with E-state index in [1.807, 2.05) is 30.3 Å². The van der Waals surface area contributed by atoms with E-state index < -0.39 is 0 Å². The van der Waals surface area contributed by atoms with Gasteiger partial charge in [-0.1, -0.05) is 43.3 Å². The monoisotopic (exact) mass is 183 g/mol. The standard InChI is InChI=1S/C13H13N/c1-2-12(9-6-10-14)11-13-7-4-3-5-8-13/h3-9,11H,2H2,1H3/b9-6+,12-11+. The van der Waals surface area contributed by atoms with E-state index in [1.165, 1.54) is 11.6 Å². The van der Waals surface area contributed by atoms with Crippen LogP contribution in [0, 0.1) is 11.3 Å². The average molecular weight is 183 g/mol. The van der Waals surface area contributed by atoms with Crippen molar-refractivity contribution in [3.63, 3.8) is 0 Å². The van der Waals surface area contributed by atoms with Crippen LogP contribution in [0.25, 0.3) is 6.08 Å². The Bertz CT molecular complexity index is 366. The zero-order valence-corrected chi connectivity index (χ0v) is 8.27. The molecular formula is C13H13N.